The van der Waals surface area contributed by atoms with E-state index in [0.29, 0.717) is 58.7 Å². The molecule has 0 unspecified atom stereocenters. The summed E-state index contributed by atoms with van der Waals surface area (Å²) in [5.41, 5.74) is 7.59. The summed E-state index contributed by atoms with van der Waals surface area (Å²) in [6, 6.07) is 5.22. The van der Waals surface area contributed by atoms with E-state index >= 15 is 0 Å². The molecule has 0 aliphatic carbocycles. The number of aromatic nitrogens is 2. The van der Waals surface area contributed by atoms with Gasteiger partial charge in [-0.3, -0.25) is 4.79 Å². The van der Waals surface area contributed by atoms with Crippen LogP contribution >= 0.6 is 15.9 Å². The molecule has 0 atom stereocenters. The van der Waals surface area contributed by atoms with Crippen LogP contribution in [-0.2, 0) is 6.54 Å². The van der Waals surface area contributed by atoms with Crippen molar-refractivity contribution in [2.45, 2.75) is 6.54 Å². The zero-order valence-corrected chi connectivity index (χ0v) is 17.9. The molecule has 30 heavy (non-hydrogen) atoms. The number of rotatable bonds is 8. The number of phenolic OH excluding ortho intramolecular Hbond substituents is 1. The molecule has 2 aromatic carbocycles. The van der Waals surface area contributed by atoms with Crippen molar-refractivity contribution in [3.63, 3.8) is 0 Å². The molecular formula is C20H22BrN5O4. The number of phenols is 1. The quantitative estimate of drug-likeness (QED) is 0.190. The maximum Gasteiger partial charge on any atom is 0.203 e. The average Bonchev–Trinajstić information content (AvgIpc) is 3.09. The first-order valence-corrected chi connectivity index (χ1v) is 10.3. The number of hydrogen-bond donors (Lipinski definition) is 5. The Hall–Kier alpha value is -2.66. The Morgan fingerprint density at radius 2 is 2.07 bits per heavy atom. The predicted octanol–water partition coefficient (Wildman–Crippen LogP) is 1.37. The summed E-state index contributed by atoms with van der Waals surface area (Å²) in [5, 5.41) is 32.3. The molecule has 0 aliphatic heterocycles. The summed E-state index contributed by atoms with van der Waals surface area (Å²) in [7, 11) is 1.47. The van der Waals surface area contributed by atoms with Crippen molar-refractivity contribution in [3.05, 3.63) is 38.6 Å². The molecule has 0 saturated heterocycles. The van der Waals surface area contributed by atoms with Gasteiger partial charge >= 0.3 is 0 Å². The van der Waals surface area contributed by atoms with Crippen LogP contribution < -0.4 is 26.5 Å². The van der Waals surface area contributed by atoms with Crippen molar-refractivity contribution in [1.29, 1.82) is 0 Å². The molecule has 0 aliphatic rings. The number of aliphatic hydroxyl groups is 1. The summed E-state index contributed by atoms with van der Waals surface area (Å²) >= 11 is 3.37. The number of halogens is 1. The second-order valence-electron chi connectivity index (χ2n) is 6.82. The van der Waals surface area contributed by atoms with E-state index in [4.69, 9.17) is 20.7 Å². The second kappa shape index (κ2) is 8.23. The number of hydrogen-bond acceptors (Lipinski definition) is 8. The molecular weight excluding hydrogens is 454 g/mol. The van der Waals surface area contributed by atoms with Gasteiger partial charge in [-0.05, 0) is 28.1 Å². The van der Waals surface area contributed by atoms with Crippen LogP contribution in [0.5, 0.6) is 11.5 Å². The zero-order valence-electron chi connectivity index (χ0n) is 16.3. The number of anilines is 1. The molecule has 0 fully saturated rings. The number of methoxy groups -OCH3 is 1. The lowest BCUT2D eigenvalue weighted by Crippen LogP contribution is -2.17. The van der Waals surface area contributed by atoms with Gasteiger partial charge in [-0.1, -0.05) is 0 Å². The van der Waals surface area contributed by atoms with Gasteiger partial charge in [0.25, 0.3) is 0 Å². The minimum Gasteiger partial charge on any atom is -0.506 e. The Labute approximate surface area is 179 Å². The fourth-order valence-corrected chi connectivity index (χ4v) is 4.37. The molecule has 0 radical (unpaired) electrons. The van der Waals surface area contributed by atoms with Crippen LogP contribution in [0.2, 0.25) is 0 Å². The van der Waals surface area contributed by atoms with Crippen LogP contribution in [-0.4, -0.2) is 53.2 Å². The van der Waals surface area contributed by atoms with Gasteiger partial charge in [-0.2, -0.15) is 5.10 Å². The molecule has 0 spiro atoms. The van der Waals surface area contributed by atoms with E-state index < -0.39 is 0 Å². The third kappa shape index (κ3) is 3.12. The number of benzene rings is 2. The number of fused-ring (bicyclic) bond motifs is 2. The standard InChI is InChI=1S/C20H22BrN5O4/c1-30-20-11(21)8-14(28)18-16(20)19(29)15-12(24-5-4-22)3-2-10-13(9-23-6-7-27)25-26(18)17(10)15/h2-3,8,23-24,27-28H,4-7,9,22H2,1H3. The maximum absolute atomic E-state index is 13.7. The van der Waals surface area contributed by atoms with E-state index in [9.17, 15) is 9.90 Å². The van der Waals surface area contributed by atoms with Gasteiger partial charge in [0.15, 0.2) is 0 Å². The minimum absolute atomic E-state index is 0.00435. The van der Waals surface area contributed by atoms with Crippen molar-refractivity contribution in [2.24, 2.45) is 5.73 Å². The van der Waals surface area contributed by atoms with Crippen molar-refractivity contribution < 1.29 is 14.9 Å². The van der Waals surface area contributed by atoms with Gasteiger partial charge in [0.1, 0.15) is 17.0 Å². The van der Waals surface area contributed by atoms with E-state index in [0.717, 1.165) is 5.39 Å². The molecule has 4 aromatic rings. The van der Waals surface area contributed by atoms with Crippen LogP contribution in [0.3, 0.4) is 0 Å². The Kier molecular flexibility index (Phi) is 5.65. The molecule has 4 rings (SSSR count). The fourth-order valence-electron chi connectivity index (χ4n) is 3.79. The smallest absolute Gasteiger partial charge is 0.203 e. The predicted molar refractivity (Wildman–Crippen MR) is 120 cm³/mol. The molecule has 2 heterocycles. The summed E-state index contributed by atoms with van der Waals surface area (Å²) in [6.45, 7) is 1.73. The third-order valence-electron chi connectivity index (χ3n) is 5.02. The molecule has 9 nitrogen and oxygen atoms in total. The first-order valence-electron chi connectivity index (χ1n) is 9.48. The molecule has 158 valence electrons. The van der Waals surface area contributed by atoms with Crippen LogP contribution in [0, 0.1) is 0 Å². The molecule has 0 bridgehead atoms. The summed E-state index contributed by atoms with van der Waals surface area (Å²) in [5.74, 6) is 0.243. The fraction of sp³-hybridized carbons (Fsp3) is 0.300. The Morgan fingerprint density at radius 1 is 1.27 bits per heavy atom. The maximum atomic E-state index is 13.7. The molecule has 10 heteroatoms. The monoisotopic (exact) mass is 475 g/mol. The highest BCUT2D eigenvalue weighted by molar-refractivity contribution is 9.10. The number of ether oxygens (including phenoxy) is 1. The van der Waals surface area contributed by atoms with Gasteiger partial charge in [0.2, 0.25) is 5.43 Å². The van der Waals surface area contributed by atoms with Crippen LogP contribution in [0.25, 0.3) is 27.2 Å². The van der Waals surface area contributed by atoms with Crippen molar-refractivity contribution in [3.8, 4) is 11.5 Å². The number of nitrogens with zero attached hydrogens (tertiary/aromatic N) is 2. The number of aromatic hydroxyl groups is 1. The Bertz CT molecular complexity index is 1290. The lowest BCUT2D eigenvalue weighted by Gasteiger charge is -2.14. The number of nitrogens with one attached hydrogen (secondary N) is 2. The molecule has 0 saturated carbocycles. The van der Waals surface area contributed by atoms with E-state index in [1.54, 1.807) is 4.52 Å². The van der Waals surface area contributed by atoms with E-state index in [2.05, 4.69) is 26.6 Å². The minimum atomic E-state index is -0.272. The normalized spacial score (nSPS) is 11.7. The van der Waals surface area contributed by atoms with Gasteiger partial charge in [0, 0.05) is 43.3 Å². The Balaban J connectivity index is 2.16. The highest BCUT2D eigenvalue weighted by Gasteiger charge is 2.24. The number of aliphatic hydroxyl groups excluding tert-OH is 1. The first kappa shape index (κ1) is 20.6. The van der Waals surface area contributed by atoms with Gasteiger partial charge in [0.05, 0.1) is 40.2 Å². The van der Waals surface area contributed by atoms with Crippen LogP contribution in [0.4, 0.5) is 5.69 Å². The first-order chi connectivity index (χ1) is 14.5. The van der Waals surface area contributed by atoms with Gasteiger partial charge in [-0.15, -0.1) is 0 Å². The van der Waals surface area contributed by atoms with Gasteiger partial charge < -0.3 is 31.3 Å². The van der Waals surface area contributed by atoms with E-state index in [1.165, 1.54) is 13.2 Å². The zero-order chi connectivity index (χ0) is 21.4. The second-order valence-corrected chi connectivity index (χ2v) is 7.68. The lowest BCUT2D eigenvalue weighted by atomic mass is 10.0. The topological polar surface area (TPSA) is 134 Å². The molecule has 0 amide bonds. The largest absolute Gasteiger partial charge is 0.506 e. The van der Waals surface area contributed by atoms with Crippen molar-refractivity contribution in [2.75, 3.05) is 38.7 Å². The number of pyridine rings is 1. The van der Waals surface area contributed by atoms with Crippen LogP contribution in [0.1, 0.15) is 5.69 Å². The van der Waals surface area contributed by atoms with E-state index in [-0.39, 0.29) is 28.7 Å². The van der Waals surface area contributed by atoms with E-state index in [1.807, 2.05) is 12.1 Å². The summed E-state index contributed by atoms with van der Waals surface area (Å²) < 4.78 is 7.55. The van der Waals surface area contributed by atoms with Gasteiger partial charge in [-0.25, -0.2) is 4.52 Å². The molecule has 2 aromatic heterocycles. The Morgan fingerprint density at radius 3 is 2.77 bits per heavy atom. The highest BCUT2D eigenvalue weighted by atomic mass is 79.9. The SMILES string of the molecule is COc1c(Br)cc(O)c2c1c(=O)c1c(NCCN)ccc3c(CNCCO)nn2c31. The van der Waals surface area contributed by atoms with Crippen LogP contribution in [0.15, 0.2) is 27.5 Å². The van der Waals surface area contributed by atoms with Crippen molar-refractivity contribution >= 4 is 48.8 Å². The highest BCUT2D eigenvalue weighted by Crippen LogP contribution is 2.40. The number of nitrogens with two attached hydrogens (primary N) is 1. The summed E-state index contributed by atoms with van der Waals surface area (Å²) in [4.78, 5) is 13.7. The third-order valence-corrected chi connectivity index (χ3v) is 5.61. The lowest BCUT2D eigenvalue weighted by molar-refractivity contribution is 0.291. The summed E-state index contributed by atoms with van der Waals surface area (Å²) in [6.07, 6.45) is 0. The van der Waals surface area contributed by atoms with Crippen molar-refractivity contribution in [1.82, 2.24) is 14.9 Å². The average molecular weight is 476 g/mol. The molecule has 6 N–H and O–H groups in total.